The molecule has 3 heteroatoms. The molecule has 0 bridgehead atoms. The number of aliphatic hydroxyl groups excluding tert-OH is 1. The summed E-state index contributed by atoms with van der Waals surface area (Å²) in [6, 6.07) is 0. The van der Waals surface area contributed by atoms with E-state index in [1.54, 1.807) is 0 Å². The van der Waals surface area contributed by atoms with E-state index in [0.29, 0.717) is 18.4 Å². The van der Waals surface area contributed by atoms with Crippen LogP contribution in [0.25, 0.3) is 0 Å². The smallest absolute Gasteiger partial charge is 0.302 e. The summed E-state index contributed by atoms with van der Waals surface area (Å²) in [7, 11) is 0. The van der Waals surface area contributed by atoms with Gasteiger partial charge < -0.3 is 9.84 Å². The Balaban J connectivity index is 2.09. The van der Waals surface area contributed by atoms with Crippen LogP contribution in [0.4, 0.5) is 0 Å². The third-order valence-corrected chi connectivity index (χ3v) is 6.77. The Labute approximate surface area is 153 Å². The van der Waals surface area contributed by atoms with E-state index < -0.39 is 0 Å². The highest BCUT2D eigenvalue weighted by atomic mass is 16.5. The summed E-state index contributed by atoms with van der Waals surface area (Å²) in [4.78, 5) is 10.9. The SMILES string of the molecule is C=C1CC[C@@H]2C(C)(C)C[C@H](O)C[C@@]2(C)[C@@H]1CC/C(C)=C/COC(C)=O. The van der Waals surface area contributed by atoms with Crippen LogP contribution in [-0.2, 0) is 9.53 Å². The Hall–Kier alpha value is -1.09. The van der Waals surface area contributed by atoms with Crippen molar-refractivity contribution in [2.45, 2.75) is 79.2 Å². The van der Waals surface area contributed by atoms with Gasteiger partial charge in [0, 0.05) is 6.92 Å². The summed E-state index contributed by atoms with van der Waals surface area (Å²) in [6.07, 6.45) is 7.97. The fourth-order valence-electron chi connectivity index (χ4n) is 5.75. The first kappa shape index (κ1) is 20.2. The Bertz CT molecular complexity index is 545. The molecule has 2 rings (SSSR count). The maximum atomic E-state index is 10.9. The normalized spacial score (nSPS) is 35.2. The zero-order chi connectivity index (χ0) is 18.8. The minimum atomic E-state index is -0.238. The van der Waals surface area contributed by atoms with Gasteiger partial charge in [0.05, 0.1) is 6.10 Å². The molecule has 0 heterocycles. The van der Waals surface area contributed by atoms with Crippen LogP contribution in [0.1, 0.15) is 73.1 Å². The van der Waals surface area contributed by atoms with Crippen LogP contribution in [-0.4, -0.2) is 23.8 Å². The van der Waals surface area contributed by atoms with Gasteiger partial charge >= 0.3 is 5.97 Å². The summed E-state index contributed by atoms with van der Waals surface area (Å²) < 4.78 is 5.01. The van der Waals surface area contributed by atoms with Gasteiger partial charge in [-0.15, -0.1) is 0 Å². The van der Waals surface area contributed by atoms with E-state index in [9.17, 15) is 9.90 Å². The number of esters is 1. The zero-order valence-corrected chi connectivity index (χ0v) is 16.7. The Morgan fingerprint density at radius 3 is 2.64 bits per heavy atom. The number of ether oxygens (including phenoxy) is 1. The topological polar surface area (TPSA) is 46.5 Å². The lowest BCUT2D eigenvalue weighted by molar-refractivity contribution is -0.139. The average Bonchev–Trinajstić information content (AvgIpc) is 2.43. The van der Waals surface area contributed by atoms with E-state index in [-0.39, 0.29) is 22.9 Å². The molecule has 0 amide bonds. The quantitative estimate of drug-likeness (QED) is 0.559. The molecule has 4 atom stereocenters. The van der Waals surface area contributed by atoms with E-state index in [4.69, 9.17) is 4.74 Å². The second-order valence-corrected chi connectivity index (χ2v) is 9.25. The van der Waals surface area contributed by atoms with Gasteiger partial charge in [0.15, 0.2) is 0 Å². The van der Waals surface area contributed by atoms with Crippen molar-refractivity contribution in [2.75, 3.05) is 6.61 Å². The molecule has 0 aromatic carbocycles. The van der Waals surface area contributed by atoms with Crippen LogP contribution in [0.2, 0.25) is 0 Å². The second-order valence-electron chi connectivity index (χ2n) is 9.25. The fraction of sp³-hybridized carbons (Fsp3) is 0.773. The average molecular weight is 349 g/mol. The summed E-state index contributed by atoms with van der Waals surface area (Å²) >= 11 is 0. The molecule has 2 fully saturated rings. The summed E-state index contributed by atoms with van der Waals surface area (Å²) in [5, 5.41) is 10.5. The van der Waals surface area contributed by atoms with Gasteiger partial charge in [0.25, 0.3) is 0 Å². The highest BCUT2D eigenvalue weighted by Crippen LogP contribution is 2.61. The van der Waals surface area contributed by atoms with Crippen LogP contribution in [0.15, 0.2) is 23.8 Å². The Morgan fingerprint density at radius 1 is 1.32 bits per heavy atom. The predicted octanol–water partition coefficient (Wildman–Crippen LogP) is 5.05. The zero-order valence-electron chi connectivity index (χ0n) is 16.7. The number of aliphatic hydroxyl groups is 1. The molecule has 0 saturated heterocycles. The number of fused-ring (bicyclic) bond motifs is 1. The fourth-order valence-corrected chi connectivity index (χ4v) is 5.75. The largest absolute Gasteiger partial charge is 0.462 e. The first-order valence-corrected chi connectivity index (χ1v) is 9.71. The third kappa shape index (κ3) is 4.55. The highest BCUT2D eigenvalue weighted by Gasteiger charge is 2.54. The van der Waals surface area contributed by atoms with E-state index in [1.807, 2.05) is 6.08 Å². The van der Waals surface area contributed by atoms with Crippen molar-refractivity contribution < 1.29 is 14.6 Å². The lowest BCUT2D eigenvalue weighted by atomic mass is 9.46. The molecule has 0 spiro atoms. The molecule has 0 aliphatic heterocycles. The molecule has 2 aliphatic rings. The van der Waals surface area contributed by atoms with Crippen LogP contribution in [0.3, 0.4) is 0 Å². The molecule has 0 aromatic heterocycles. The first-order chi connectivity index (χ1) is 11.6. The molecule has 0 aromatic rings. The van der Waals surface area contributed by atoms with E-state index in [2.05, 4.69) is 34.3 Å². The summed E-state index contributed by atoms with van der Waals surface area (Å²) in [5.41, 5.74) is 2.94. The molecular weight excluding hydrogens is 312 g/mol. The Morgan fingerprint density at radius 2 is 2.00 bits per heavy atom. The predicted molar refractivity (Wildman–Crippen MR) is 102 cm³/mol. The number of hydrogen-bond acceptors (Lipinski definition) is 3. The summed E-state index contributed by atoms with van der Waals surface area (Å²) in [5.74, 6) is 0.861. The van der Waals surface area contributed by atoms with Crippen LogP contribution < -0.4 is 0 Å². The molecule has 1 N–H and O–H groups in total. The molecule has 2 aliphatic carbocycles. The van der Waals surface area contributed by atoms with Crippen molar-refractivity contribution in [1.82, 2.24) is 0 Å². The van der Waals surface area contributed by atoms with Gasteiger partial charge in [-0.1, -0.05) is 38.5 Å². The lowest BCUT2D eigenvalue weighted by Crippen LogP contribution is -2.53. The summed E-state index contributed by atoms with van der Waals surface area (Å²) in [6.45, 7) is 15.3. The van der Waals surface area contributed by atoms with Crippen LogP contribution >= 0.6 is 0 Å². The molecular formula is C22H36O3. The van der Waals surface area contributed by atoms with Gasteiger partial charge in [-0.2, -0.15) is 0 Å². The number of rotatable bonds is 5. The maximum absolute atomic E-state index is 10.9. The monoisotopic (exact) mass is 348 g/mol. The number of carbonyl (C=O) groups is 1. The van der Waals surface area contributed by atoms with Crippen molar-refractivity contribution in [3.8, 4) is 0 Å². The van der Waals surface area contributed by atoms with E-state index in [1.165, 1.54) is 24.5 Å². The van der Waals surface area contributed by atoms with Gasteiger partial charge in [0.1, 0.15) is 6.61 Å². The van der Waals surface area contributed by atoms with Crippen LogP contribution in [0.5, 0.6) is 0 Å². The van der Waals surface area contributed by atoms with Crippen molar-refractivity contribution >= 4 is 5.97 Å². The number of allylic oxidation sites excluding steroid dienone is 2. The molecule has 2 saturated carbocycles. The van der Waals surface area contributed by atoms with Crippen LogP contribution in [0, 0.1) is 22.7 Å². The standard InChI is InChI=1S/C22H36O3/c1-15(11-12-25-17(3)23)7-9-19-16(2)8-10-20-21(4,5)13-18(24)14-22(19,20)6/h11,18-20,24H,2,7-10,12-14H2,1,3-6H3/b15-11+/t18-,19+,20+,22-/m0/s1. The van der Waals surface area contributed by atoms with E-state index >= 15 is 0 Å². The van der Waals surface area contributed by atoms with E-state index in [0.717, 1.165) is 32.1 Å². The van der Waals surface area contributed by atoms with Gasteiger partial charge in [-0.05, 0) is 74.2 Å². The van der Waals surface area contributed by atoms with Crippen molar-refractivity contribution in [2.24, 2.45) is 22.7 Å². The second kappa shape index (κ2) is 7.65. The van der Waals surface area contributed by atoms with Gasteiger partial charge in [-0.25, -0.2) is 0 Å². The van der Waals surface area contributed by atoms with Crippen molar-refractivity contribution in [3.63, 3.8) is 0 Å². The molecule has 0 unspecified atom stereocenters. The first-order valence-electron chi connectivity index (χ1n) is 9.71. The van der Waals surface area contributed by atoms with Gasteiger partial charge in [0.2, 0.25) is 0 Å². The molecule has 3 nitrogen and oxygen atoms in total. The number of carbonyl (C=O) groups excluding carboxylic acids is 1. The third-order valence-electron chi connectivity index (χ3n) is 6.77. The number of hydrogen-bond donors (Lipinski definition) is 1. The van der Waals surface area contributed by atoms with Crippen molar-refractivity contribution in [3.05, 3.63) is 23.8 Å². The minimum absolute atomic E-state index is 0.132. The minimum Gasteiger partial charge on any atom is -0.462 e. The maximum Gasteiger partial charge on any atom is 0.302 e. The highest BCUT2D eigenvalue weighted by molar-refractivity contribution is 5.66. The molecule has 142 valence electrons. The lowest BCUT2D eigenvalue weighted by Gasteiger charge is -2.59. The van der Waals surface area contributed by atoms with Gasteiger partial charge in [-0.3, -0.25) is 4.79 Å². The Kier molecular flexibility index (Phi) is 6.19. The molecule has 25 heavy (non-hydrogen) atoms. The molecule has 0 radical (unpaired) electrons. The van der Waals surface area contributed by atoms with Crippen molar-refractivity contribution in [1.29, 1.82) is 0 Å².